The standard InChI is InChI=1S/C11H18N4O2/c1-2-3-4-9(10(16)17)13-5-8-6-14-11(12)15-7-8/h6-7,9,13H,2-5H2,1H3,(H,16,17)(H2,12,14,15)/t9-/m1/s1. The summed E-state index contributed by atoms with van der Waals surface area (Å²) >= 11 is 0. The van der Waals surface area contributed by atoms with Crippen molar-refractivity contribution in [1.29, 1.82) is 0 Å². The highest BCUT2D eigenvalue weighted by atomic mass is 16.4. The lowest BCUT2D eigenvalue weighted by atomic mass is 10.1. The van der Waals surface area contributed by atoms with Gasteiger partial charge in [0.1, 0.15) is 6.04 Å². The summed E-state index contributed by atoms with van der Waals surface area (Å²) in [4.78, 5) is 18.7. The maximum absolute atomic E-state index is 11.0. The molecule has 4 N–H and O–H groups in total. The van der Waals surface area contributed by atoms with Crippen LogP contribution in [0.2, 0.25) is 0 Å². The number of nitrogens with zero attached hydrogens (tertiary/aromatic N) is 2. The van der Waals surface area contributed by atoms with Gasteiger partial charge in [-0.1, -0.05) is 19.8 Å². The smallest absolute Gasteiger partial charge is 0.320 e. The van der Waals surface area contributed by atoms with Crippen molar-refractivity contribution in [2.45, 2.75) is 38.8 Å². The molecule has 17 heavy (non-hydrogen) atoms. The lowest BCUT2D eigenvalue weighted by molar-refractivity contribution is -0.139. The van der Waals surface area contributed by atoms with Gasteiger partial charge in [0.25, 0.3) is 0 Å². The molecule has 0 aliphatic rings. The normalized spacial score (nSPS) is 12.3. The summed E-state index contributed by atoms with van der Waals surface area (Å²) in [5.41, 5.74) is 6.18. The van der Waals surface area contributed by atoms with E-state index in [4.69, 9.17) is 10.8 Å². The van der Waals surface area contributed by atoms with Gasteiger partial charge in [0.15, 0.2) is 0 Å². The Bertz CT molecular complexity index is 353. The van der Waals surface area contributed by atoms with Crippen LogP contribution in [0.25, 0.3) is 0 Å². The van der Waals surface area contributed by atoms with Crippen LogP contribution in [-0.4, -0.2) is 27.1 Å². The van der Waals surface area contributed by atoms with Crippen molar-refractivity contribution in [2.24, 2.45) is 0 Å². The second-order valence-corrected chi connectivity index (χ2v) is 3.86. The topological polar surface area (TPSA) is 101 Å². The first-order valence-corrected chi connectivity index (χ1v) is 5.66. The maximum atomic E-state index is 11.0. The average molecular weight is 238 g/mol. The quantitative estimate of drug-likeness (QED) is 0.649. The third-order valence-electron chi connectivity index (χ3n) is 2.42. The number of hydrogen-bond donors (Lipinski definition) is 3. The highest BCUT2D eigenvalue weighted by molar-refractivity contribution is 5.73. The number of aliphatic carboxylic acids is 1. The summed E-state index contributed by atoms with van der Waals surface area (Å²) in [6.45, 7) is 2.47. The van der Waals surface area contributed by atoms with Crippen LogP contribution < -0.4 is 11.1 Å². The molecule has 0 aromatic carbocycles. The summed E-state index contributed by atoms with van der Waals surface area (Å²) in [5.74, 6) is -0.607. The SMILES string of the molecule is CCCC[C@@H](NCc1cnc(N)nc1)C(=O)O. The van der Waals surface area contributed by atoms with Crippen LogP contribution in [0.15, 0.2) is 12.4 Å². The zero-order chi connectivity index (χ0) is 12.7. The molecule has 0 fully saturated rings. The number of nitrogens with two attached hydrogens (primary N) is 1. The molecule has 0 bridgehead atoms. The Balaban J connectivity index is 2.45. The van der Waals surface area contributed by atoms with E-state index in [-0.39, 0.29) is 5.95 Å². The van der Waals surface area contributed by atoms with E-state index in [0.717, 1.165) is 18.4 Å². The Morgan fingerprint density at radius 1 is 1.53 bits per heavy atom. The minimum Gasteiger partial charge on any atom is -0.480 e. The Morgan fingerprint density at radius 3 is 2.71 bits per heavy atom. The molecule has 0 saturated heterocycles. The number of rotatable bonds is 7. The molecule has 1 heterocycles. The third-order valence-corrected chi connectivity index (χ3v) is 2.42. The number of unbranched alkanes of at least 4 members (excludes halogenated alkanes) is 1. The van der Waals surface area contributed by atoms with Crippen LogP contribution in [0.5, 0.6) is 0 Å². The maximum Gasteiger partial charge on any atom is 0.320 e. The van der Waals surface area contributed by atoms with Crippen LogP contribution in [0.3, 0.4) is 0 Å². The molecule has 0 aliphatic heterocycles. The summed E-state index contributed by atoms with van der Waals surface area (Å²) in [6.07, 6.45) is 5.68. The fourth-order valence-corrected chi connectivity index (χ4v) is 1.42. The van der Waals surface area contributed by atoms with Gasteiger partial charge >= 0.3 is 5.97 Å². The first-order chi connectivity index (χ1) is 8.13. The van der Waals surface area contributed by atoms with Gasteiger partial charge in [0, 0.05) is 24.5 Å². The monoisotopic (exact) mass is 238 g/mol. The van der Waals surface area contributed by atoms with Crippen LogP contribution in [0.1, 0.15) is 31.7 Å². The predicted molar refractivity (Wildman–Crippen MR) is 64.2 cm³/mol. The number of carboxylic acids is 1. The highest BCUT2D eigenvalue weighted by Gasteiger charge is 2.15. The Kier molecular flexibility index (Phi) is 5.35. The second-order valence-electron chi connectivity index (χ2n) is 3.86. The van der Waals surface area contributed by atoms with Gasteiger partial charge in [0.2, 0.25) is 5.95 Å². The van der Waals surface area contributed by atoms with Crippen molar-refractivity contribution in [1.82, 2.24) is 15.3 Å². The van der Waals surface area contributed by atoms with Crippen molar-refractivity contribution in [3.8, 4) is 0 Å². The minimum absolute atomic E-state index is 0.217. The number of nitrogen functional groups attached to an aromatic ring is 1. The Hall–Kier alpha value is -1.69. The van der Waals surface area contributed by atoms with E-state index in [1.54, 1.807) is 12.4 Å². The molecule has 0 saturated carbocycles. The van der Waals surface area contributed by atoms with E-state index in [2.05, 4.69) is 15.3 Å². The molecule has 0 radical (unpaired) electrons. The fraction of sp³-hybridized carbons (Fsp3) is 0.545. The van der Waals surface area contributed by atoms with Crippen LogP contribution >= 0.6 is 0 Å². The molecule has 1 atom stereocenters. The molecule has 6 nitrogen and oxygen atoms in total. The van der Waals surface area contributed by atoms with Crippen molar-refractivity contribution < 1.29 is 9.90 Å². The van der Waals surface area contributed by atoms with E-state index >= 15 is 0 Å². The molecule has 0 aliphatic carbocycles. The number of anilines is 1. The largest absolute Gasteiger partial charge is 0.480 e. The van der Waals surface area contributed by atoms with E-state index in [1.165, 1.54) is 0 Å². The highest BCUT2D eigenvalue weighted by Crippen LogP contribution is 2.03. The summed E-state index contributed by atoms with van der Waals surface area (Å²) < 4.78 is 0. The van der Waals surface area contributed by atoms with Crippen molar-refractivity contribution in [2.75, 3.05) is 5.73 Å². The number of aromatic nitrogens is 2. The van der Waals surface area contributed by atoms with Gasteiger partial charge in [-0.3, -0.25) is 4.79 Å². The first kappa shape index (κ1) is 13.4. The fourth-order valence-electron chi connectivity index (χ4n) is 1.42. The third kappa shape index (κ3) is 4.78. The molecular weight excluding hydrogens is 220 g/mol. The Labute approximate surface area is 100 Å². The molecule has 1 aromatic rings. The second kappa shape index (κ2) is 6.80. The average Bonchev–Trinajstić information content (AvgIpc) is 2.31. The van der Waals surface area contributed by atoms with E-state index in [9.17, 15) is 4.79 Å². The molecule has 1 rings (SSSR count). The van der Waals surface area contributed by atoms with Crippen molar-refractivity contribution >= 4 is 11.9 Å². The number of nitrogens with one attached hydrogen (secondary N) is 1. The zero-order valence-electron chi connectivity index (χ0n) is 9.89. The summed E-state index contributed by atoms with van der Waals surface area (Å²) in [7, 11) is 0. The van der Waals surface area contributed by atoms with Crippen LogP contribution in [0, 0.1) is 0 Å². The minimum atomic E-state index is -0.824. The lowest BCUT2D eigenvalue weighted by Gasteiger charge is -2.13. The van der Waals surface area contributed by atoms with Gasteiger partial charge in [0.05, 0.1) is 0 Å². The summed E-state index contributed by atoms with van der Waals surface area (Å²) in [5, 5.41) is 12.0. The zero-order valence-corrected chi connectivity index (χ0v) is 9.89. The van der Waals surface area contributed by atoms with Gasteiger partial charge in [-0.05, 0) is 6.42 Å². The Morgan fingerprint density at radius 2 is 2.18 bits per heavy atom. The molecule has 0 amide bonds. The van der Waals surface area contributed by atoms with Crippen LogP contribution in [0.4, 0.5) is 5.95 Å². The number of hydrogen-bond acceptors (Lipinski definition) is 5. The molecule has 1 aromatic heterocycles. The van der Waals surface area contributed by atoms with Crippen molar-refractivity contribution in [3.63, 3.8) is 0 Å². The number of carbonyl (C=O) groups is 1. The van der Waals surface area contributed by atoms with Crippen molar-refractivity contribution in [3.05, 3.63) is 18.0 Å². The first-order valence-electron chi connectivity index (χ1n) is 5.66. The van der Waals surface area contributed by atoms with Gasteiger partial charge in [-0.25, -0.2) is 9.97 Å². The molecule has 0 unspecified atom stereocenters. The predicted octanol–water partition coefficient (Wildman–Crippen LogP) is 0.792. The molecule has 94 valence electrons. The molecular formula is C11H18N4O2. The van der Waals surface area contributed by atoms with E-state index in [0.29, 0.717) is 13.0 Å². The lowest BCUT2D eigenvalue weighted by Crippen LogP contribution is -2.36. The van der Waals surface area contributed by atoms with Gasteiger partial charge in [-0.15, -0.1) is 0 Å². The molecule has 0 spiro atoms. The molecule has 6 heteroatoms. The van der Waals surface area contributed by atoms with Gasteiger partial charge < -0.3 is 16.2 Å². The summed E-state index contributed by atoms with van der Waals surface area (Å²) in [6, 6.07) is -0.521. The number of carboxylic acid groups (broad SMARTS) is 1. The van der Waals surface area contributed by atoms with Gasteiger partial charge in [-0.2, -0.15) is 0 Å². The van der Waals surface area contributed by atoms with E-state index in [1.807, 2.05) is 6.92 Å². The van der Waals surface area contributed by atoms with E-state index < -0.39 is 12.0 Å². The van der Waals surface area contributed by atoms with Crippen LogP contribution in [-0.2, 0) is 11.3 Å².